The predicted molar refractivity (Wildman–Crippen MR) is 79.6 cm³/mol. The molecule has 4 heteroatoms. The Kier molecular flexibility index (Phi) is 4.23. The zero-order valence-corrected chi connectivity index (χ0v) is 12.3. The van der Waals surface area contributed by atoms with E-state index in [9.17, 15) is 4.79 Å². The zero-order chi connectivity index (χ0) is 14.6. The Morgan fingerprint density at radius 1 is 1.30 bits per heavy atom. The number of aromatic nitrogens is 2. The molecule has 1 aromatic carbocycles. The van der Waals surface area contributed by atoms with Gasteiger partial charge in [0.15, 0.2) is 0 Å². The number of carbonyl (C=O) groups excluding carboxylic acids is 1. The average molecular weight is 271 g/mol. The lowest BCUT2D eigenvalue weighted by atomic mass is 10.0. The molecule has 4 nitrogen and oxygen atoms in total. The quantitative estimate of drug-likeness (QED) is 0.909. The van der Waals surface area contributed by atoms with E-state index >= 15 is 0 Å². The summed E-state index contributed by atoms with van der Waals surface area (Å²) in [7, 11) is 0. The maximum atomic E-state index is 12.1. The molecule has 20 heavy (non-hydrogen) atoms. The highest BCUT2D eigenvalue weighted by molar-refractivity contribution is 5.94. The Hall–Kier alpha value is -2.10. The molecule has 1 aromatic heterocycles. The third-order valence-electron chi connectivity index (χ3n) is 3.42. The minimum atomic E-state index is -0.196. The molecule has 106 valence electrons. The van der Waals surface area contributed by atoms with Crippen LogP contribution >= 0.6 is 0 Å². The molecule has 0 fully saturated rings. The van der Waals surface area contributed by atoms with Crippen molar-refractivity contribution in [1.29, 1.82) is 0 Å². The SMILES string of the molecule is CCC(C)(C)NC(=O)c1cnn(Cc2ccccc2)c1. The standard InChI is InChI=1S/C16H21N3O/c1-4-16(2,3)18-15(20)14-10-17-19(12-14)11-13-8-6-5-7-9-13/h5-10,12H,4,11H2,1-3H3,(H,18,20). The first-order chi connectivity index (χ1) is 9.50. The van der Waals surface area contributed by atoms with E-state index < -0.39 is 0 Å². The number of amides is 1. The van der Waals surface area contributed by atoms with E-state index in [0.29, 0.717) is 12.1 Å². The third-order valence-corrected chi connectivity index (χ3v) is 3.42. The molecule has 1 heterocycles. The van der Waals surface area contributed by atoms with Crippen LogP contribution in [0.4, 0.5) is 0 Å². The topological polar surface area (TPSA) is 46.9 Å². The maximum Gasteiger partial charge on any atom is 0.254 e. The van der Waals surface area contributed by atoms with Crippen LogP contribution in [0.3, 0.4) is 0 Å². The van der Waals surface area contributed by atoms with Crippen LogP contribution in [0, 0.1) is 0 Å². The van der Waals surface area contributed by atoms with E-state index in [-0.39, 0.29) is 11.4 Å². The Morgan fingerprint density at radius 2 is 2.00 bits per heavy atom. The molecule has 0 aliphatic carbocycles. The van der Waals surface area contributed by atoms with Crippen LogP contribution in [0.25, 0.3) is 0 Å². The monoisotopic (exact) mass is 271 g/mol. The van der Waals surface area contributed by atoms with Crippen LogP contribution in [-0.2, 0) is 6.54 Å². The molecular weight excluding hydrogens is 250 g/mol. The molecule has 0 saturated carbocycles. The molecule has 1 amide bonds. The Bertz CT molecular complexity index is 572. The number of carbonyl (C=O) groups is 1. The van der Waals surface area contributed by atoms with Gasteiger partial charge in [0.05, 0.1) is 18.3 Å². The van der Waals surface area contributed by atoms with Crippen LogP contribution in [0.5, 0.6) is 0 Å². The summed E-state index contributed by atoms with van der Waals surface area (Å²) in [5, 5.41) is 7.25. The molecule has 0 saturated heterocycles. The molecule has 2 rings (SSSR count). The van der Waals surface area contributed by atoms with Crippen LogP contribution in [0.2, 0.25) is 0 Å². The fourth-order valence-corrected chi connectivity index (χ4v) is 1.81. The van der Waals surface area contributed by atoms with Gasteiger partial charge in [0, 0.05) is 11.7 Å². The van der Waals surface area contributed by atoms with Gasteiger partial charge in [0.2, 0.25) is 0 Å². The van der Waals surface area contributed by atoms with Crippen LogP contribution in [-0.4, -0.2) is 21.2 Å². The van der Waals surface area contributed by atoms with Crippen LogP contribution in [0.1, 0.15) is 43.1 Å². The average Bonchev–Trinajstić information content (AvgIpc) is 2.88. The van der Waals surface area contributed by atoms with Crippen molar-refractivity contribution >= 4 is 5.91 Å². The van der Waals surface area contributed by atoms with E-state index in [2.05, 4.69) is 17.3 Å². The lowest BCUT2D eigenvalue weighted by Gasteiger charge is -2.23. The maximum absolute atomic E-state index is 12.1. The minimum absolute atomic E-state index is 0.0730. The number of rotatable bonds is 5. The summed E-state index contributed by atoms with van der Waals surface area (Å²) in [6, 6.07) is 10.1. The van der Waals surface area contributed by atoms with Gasteiger partial charge in [-0.05, 0) is 25.8 Å². The molecule has 0 atom stereocenters. The van der Waals surface area contributed by atoms with Gasteiger partial charge in [-0.2, -0.15) is 5.10 Å². The van der Waals surface area contributed by atoms with Crippen molar-refractivity contribution < 1.29 is 4.79 Å². The Balaban J connectivity index is 2.04. The van der Waals surface area contributed by atoms with Gasteiger partial charge in [0.1, 0.15) is 0 Å². The van der Waals surface area contributed by atoms with E-state index in [4.69, 9.17) is 0 Å². The molecule has 0 radical (unpaired) electrons. The zero-order valence-electron chi connectivity index (χ0n) is 12.3. The van der Waals surface area contributed by atoms with E-state index in [0.717, 1.165) is 12.0 Å². The molecule has 1 N–H and O–H groups in total. The highest BCUT2D eigenvalue weighted by Gasteiger charge is 2.19. The van der Waals surface area contributed by atoms with E-state index in [1.807, 2.05) is 44.2 Å². The molecule has 2 aromatic rings. The second kappa shape index (κ2) is 5.90. The van der Waals surface area contributed by atoms with Crippen molar-refractivity contribution in [3.63, 3.8) is 0 Å². The fourth-order valence-electron chi connectivity index (χ4n) is 1.81. The molecular formula is C16H21N3O. The molecule has 0 bridgehead atoms. The smallest absolute Gasteiger partial charge is 0.254 e. The summed E-state index contributed by atoms with van der Waals surface area (Å²) in [5.41, 5.74) is 1.57. The van der Waals surface area contributed by atoms with Gasteiger partial charge < -0.3 is 5.32 Å². The summed E-state index contributed by atoms with van der Waals surface area (Å²) in [5.74, 6) is -0.0730. The molecule has 0 unspecified atom stereocenters. The minimum Gasteiger partial charge on any atom is -0.347 e. The number of hydrogen-bond acceptors (Lipinski definition) is 2. The lowest BCUT2D eigenvalue weighted by Crippen LogP contribution is -2.42. The summed E-state index contributed by atoms with van der Waals surface area (Å²) < 4.78 is 1.78. The van der Waals surface area contributed by atoms with Gasteiger partial charge in [0.25, 0.3) is 5.91 Å². The first kappa shape index (κ1) is 14.3. The first-order valence-corrected chi connectivity index (χ1v) is 6.89. The Labute approximate surface area is 119 Å². The Morgan fingerprint density at radius 3 is 2.65 bits per heavy atom. The van der Waals surface area contributed by atoms with Crippen LogP contribution < -0.4 is 5.32 Å². The summed E-state index contributed by atoms with van der Waals surface area (Å²) in [6.07, 6.45) is 4.29. The van der Waals surface area contributed by atoms with Crippen molar-refractivity contribution in [2.24, 2.45) is 0 Å². The van der Waals surface area contributed by atoms with E-state index in [1.165, 1.54) is 0 Å². The predicted octanol–water partition coefficient (Wildman–Crippen LogP) is 2.85. The van der Waals surface area contributed by atoms with Crippen molar-refractivity contribution in [3.05, 3.63) is 53.9 Å². The highest BCUT2D eigenvalue weighted by Crippen LogP contribution is 2.09. The number of hydrogen-bond donors (Lipinski definition) is 1. The molecule has 0 aliphatic rings. The number of nitrogens with one attached hydrogen (secondary N) is 1. The second-order valence-corrected chi connectivity index (χ2v) is 5.60. The fraction of sp³-hybridized carbons (Fsp3) is 0.375. The van der Waals surface area contributed by atoms with Crippen molar-refractivity contribution in [1.82, 2.24) is 15.1 Å². The summed E-state index contributed by atoms with van der Waals surface area (Å²) in [4.78, 5) is 12.1. The largest absolute Gasteiger partial charge is 0.347 e. The van der Waals surface area contributed by atoms with E-state index in [1.54, 1.807) is 17.1 Å². The molecule has 0 aliphatic heterocycles. The van der Waals surface area contributed by atoms with Gasteiger partial charge >= 0.3 is 0 Å². The second-order valence-electron chi connectivity index (χ2n) is 5.60. The summed E-state index contributed by atoms with van der Waals surface area (Å²) >= 11 is 0. The van der Waals surface area contributed by atoms with Gasteiger partial charge in [-0.25, -0.2) is 0 Å². The first-order valence-electron chi connectivity index (χ1n) is 6.89. The van der Waals surface area contributed by atoms with Gasteiger partial charge in [-0.1, -0.05) is 37.3 Å². The van der Waals surface area contributed by atoms with Crippen LogP contribution in [0.15, 0.2) is 42.7 Å². The number of nitrogens with zero attached hydrogens (tertiary/aromatic N) is 2. The molecule has 0 spiro atoms. The third kappa shape index (κ3) is 3.70. The van der Waals surface area contributed by atoms with Crippen molar-refractivity contribution in [3.8, 4) is 0 Å². The van der Waals surface area contributed by atoms with Gasteiger partial charge in [-0.15, -0.1) is 0 Å². The summed E-state index contributed by atoms with van der Waals surface area (Å²) in [6.45, 7) is 6.75. The normalized spacial score (nSPS) is 11.3. The van der Waals surface area contributed by atoms with Crippen molar-refractivity contribution in [2.45, 2.75) is 39.3 Å². The number of benzene rings is 1. The highest BCUT2D eigenvalue weighted by atomic mass is 16.1. The van der Waals surface area contributed by atoms with Crippen molar-refractivity contribution in [2.75, 3.05) is 0 Å². The lowest BCUT2D eigenvalue weighted by molar-refractivity contribution is 0.0911. The van der Waals surface area contributed by atoms with Gasteiger partial charge in [-0.3, -0.25) is 9.48 Å².